The second kappa shape index (κ2) is 4.84. The Morgan fingerprint density at radius 2 is 2.06 bits per heavy atom. The highest BCUT2D eigenvalue weighted by molar-refractivity contribution is 7.92. The molecule has 1 aromatic carbocycles. The maximum absolute atomic E-state index is 11.3. The van der Waals surface area contributed by atoms with Crippen molar-refractivity contribution in [3.05, 3.63) is 28.8 Å². The molecular formula is C9H6ClN3O2S. The Balaban J connectivity index is 3.12. The van der Waals surface area contributed by atoms with Crippen LogP contribution in [0.5, 0.6) is 0 Å². The number of hydrogen-bond donors (Lipinski definition) is 1. The molecule has 5 nitrogen and oxygen atoms in total. The molecule has 1 rings (SSSR count). The van der Waals surface area contributed by atoms with E-state index in [4.69, 9.17) is 22.1 Å². The van der Waals surface area contributed by atoms with Crippen LogP contribution in [-0.4, -0.2) is 14.2 Å². The molecule has 0 fully saturated rings. The van der Waals surface area contributed by atoms with Gasteiger partial charge in [0, 0.05) is 5.02 Å². The van der Waals surface area contributed by atoms with Crippen LogP contribution in [0.3, 0.4) is 0 Å². The number of benzene rings is 1. The monoisotopic (exact) mass is 255 g/mol. The Bertz CT molecular complexity index is 584. The van der Waals surface area contributed by atoms with Gasteiger partial charge in [-0.1, -0.05) is 11.6 Å². The van der Waals surface area contributed by atoms with Gasteiger partial charge >= 0.3 is 0 Å². The number of nitriles is 2. The average Bonchev–Trinajstić information content (AvgIpc) is 2.17. The fourth-order valence-corrected chi connectivity index (χ4v) is 1.91. The highest BCUT2D eigenvalue weighted by atomic mass is 35.5. The SMILES string of the molecule is N#CCS(=O)(=O)Nc1cc(Cl)ccc1C#N. The smallest absolute Gasteiger partial charge is 0.246 e. The average molecular weight is 256 g/mol. The summed E-state index contributed by atoms with van der Waals surface area (Å²) in [5.74, 6) is -0.676. The fraction of sp³-hybridized carbons (Fsp3) is 0.111. The van der Waals surface area contributed by atoms with E-state index in [1.807, 2.05) is 6.07 Å². The predicted octanol–water partition coefficient (Wildman–Crippen LogP) is 1.48. The highest BCUT2D eigenvalue weighted by Crippen LogP contribution is 2.21. The number of rotatable bonds is 3. The van der Waals surface area contributed by atoms with Gasteiger partial charge in [0.25, 0.3) is 0 Å². The fourth-order valence-electron chi connectivity index (χ4n) is 0.987. The first kappa shape index (κ1) is 12.3. The summed E-state index contributed by atoms with van der Waals surface area (Å²) in [5, 5.41) is 17.3. The van der Waals surface area contributed by atoms with Crippen molar-refractivity contribution in [3.63, 3.8) is 0 Å². The van der Waals surface area contributed by atoms with Crippen LogP contribution < -0.4 is 4.72 Å². The molecule has 0 aromatic heterocycles. The van der Waals surface area contributed by atoms with E-state index in [-0.39, 0.29) is 11.3 Å². The van der Waals surface area contributed by atoms with Gasteiger partial charge in [0.2, 0.25) is 10.0 Å². The van der Waals surface area contributed by atoms with Crippen molar-refractivity contribution in [1.29, 1.82) is 10.5 Å². The second-order valence-electron chi connectivity index (χ2n) is 2.82. The van der Waals surface area contributed by atoms with Gasteiger partial charge in [-0.3, -0.25) is 4.72 Å². The zero-order valence-electron chi connectivity index (χ0n) is 7.94. The first-order valence-corrected chi connectivity index (χ1v) is 6.08. The van der Waals surface area contributed by atoms with Crippen LogP contribution in [0, 0.1) is 22.7 Å². The molecule has 1 aromatic rings. The summed E-state index contributed by atoms with van der Waals surface area (Å²) in [7, 11) is -3.75. The van der Waals surface area contributed by atoms with Crippen LogP contribution in [0.4, 0.5) is 5.69 Å². The first-order chi connectivity index (χ1) is 7.48. The van der Waals surface area contributed by atoms with Gasteiger partial charge < -0.3 is 0 Å². The number of nitrogens with one attached hydrogen (secondary N) is 1. The van der Waals surface area contributed by atoms with Crippen LogP contribution >= 0.6 is 11.6 Å². The molecule has 82 valence electrons. The quantitative estimate of drug-likeness (QED) is 0.885. The van der Waals surface area contributed by atoms with E-state index in [1.165, 1.54) is 24.3 Å². The van der Waals surface area contributed by atoms with E-state index >= 15 is 0 Å². The number of sulfonamides is 1. The van der Waals surface area contributed by atoms with Gasteiger partial charge in [0.15, 0.2) is 5.75 Å². The molecule has 0 radical (unpaired) electrons. The molecule has 7 heteroatoms. The maximum atomic E-state index is 11.3. The summed E-state index contributed by atoms with van der Waals surface area (Å²) in [5.41, 5.74) is 0.219. The lowest BCUT2D eigenvalue weighted by atomic mass is 10.2. The Kier molecular flexibility index (Phi) is 3.73. The molecule has 0 aliphatic carbocycles. The zero-order chi connectivity index (χ0) is 12.2. The van der Waals surface area contributed by atoms with Gasteiger partial charge in [-0.15, -0.1) is 0 Å². The van der Waals surface area contributed by atoms with Crippen molar-refractivity contribution in [3.8, 4) is 12.1 Å². The summed E-state index contributed by atoms with van der Waals surface area (Å²) in [4.78, 5) is 0. The van der Waals surface area contributed by atoms with Crippen LogP contribution in [0.25, 0.3) is 0 Å². The van der Waals surface area contributed by atoms with Gasteiger partial charge in [-0.2, -0.15) is 10.5 Å². The molecule has 0 atom stereocenters. The molecule has 0 spiro atoms. The number of halogens is 1. The Morgan fingerprint density at radius 3 is 2.62 bits per heavy atom. The highest BCUT2D eigenvalue weighted by Gasteiger charge is 2.12. The van der Waals surface area contributed by atoms with E-state index in [0.29, 0.717) is 5.02 Å². The van der Waals surface area contributed by atoms with Crippen LogP contribution in [-0.2, 0) is 10.0 Å². The molecule has 0 heterocycles. The standard InChI is InChI=1S/C9H6ClN3O2S/c10-8-2-1-7(6-12)9(5-8)13-16(14,15)4-3-11/h1-2,5,13H,4H2. The molecule has 0 amide bonds. The Labute approximate surface area is 97.9 Å². The predicted molar refractivity (Wildman–Crippen MR) is 59.2 cm³/mol. The van der Waals surface area contributed by atoms with Crippen molar-refractivity contribution in [1.82, 2.24) is 0 Å². The van der Waals surface area contributed by atoms with Gasteiger partial charge in [0.05, 0.1) is 17.3 Å². The van der Waals surface area contributed by atoms with Crippen molar-refractivity contribution in [2.45, 2.75) is 0 Å². The molecule has 0 bridgehead atoms. The largest absolute Gasteiger partial charge is 0.281 e. The van der Waals surface area contributed by atoms with Crippen LogP contribution in [0.2, 0.25) is 5.02 Å². The third kappa shape index (κ3) is 3.13. The van der Waals surface area contributed by atoms with E-state index in [9.17, 15) is 8.42 Å². The number of anilines is 1. The number of nitrogens with zero attached hydrogens (tertiary/aromatic N) is 2. The molecule has 0 saturated heterocycles. The lowest BCUT2D eigenvalue weighted by Crippen LogP contribution is -2.16. The van der Waals surface area contributed by atoms with Gasteiger partial charge in [0.1, 0.15) is 6.07 Å². The molecule has 0 unspecified atom stereocenters. The zero-order valence-corrected chi connectivity index (χ0v) is 9.51. The lowest BCUT2D eigenvalue weighted by Gasteiger charge is -2.06. The van der Waals surface area contributed by atoms with E-state index < -0.39 is 15.8 Å². The molecule has 0 aliphatic heterocycles. The third-order valence-electron chi connectivity index (χ3n) is 1.62. The minimum atomic E-state index is -3.75. The van der Waals surface area contributed by atoms with E-state index in [0.717, 1.165) is 0 Å². The first-order valence-electron chi connectivity index (χ1n) is 4.05. The Hall–Kier alpha value is -1.76. The minimum absolute atomic E-state index is 0.0743. The molecular weight excluding hydrogens is 250 g/mol. The van der Waals surface area contributed by atoms with Crippen molar-refractivity contribution in [2.75, 3.05) is 10.5 Å². The van der Waals surface area contributed by atoms with Crippen molar-refractivity contribution >= 4 is 27.3 Å². The van der Waals surface area contributed by atoms with Crippen LogP contribution in [0.15, 0.2) is 18.2 Å². The lowest BCUT2D eigenvalue weighted by molar-refractivity contribution is 0.604. The van der Waals surface area contributed by atoms with Gasteiger partial charge in [-0.05, 0) is 18.2 Å². The van der Waals surface area contributed by atoms with Crippen LogP contribution in [0.1, 0.15) is 5.56 Å². The maximum Gasteiger partial charge on any atom is 0.246 e. The summed E-state index contributed by atoms with van der Waals surface area (Å²) < 4.78 is 24.7. The topological polar surface area (TPSA) is 93.8 Å². The van der Waals surface area contributed by atoms with Crippen molar-refractivity contribution in [2.24, 2.45) is 0 Å². The van der Waals surface area contributed by atoms with Gasteiger partial charge in [-0.25, -0.2) is 8.42 Å². The molecule has 16 heavy (non-hydrogen) atoms. The number of hydrogen-bond acceptors (Lipinski definition) is 4. The molecule has 0 aliphatic rings. The van der Waals surface area contributed by atoms with E-state index in [1.54, 1.807) is 0 Å². The third-order valence-corrected chi connectivity index (χ3v) is 2.90. The molecule has 1 N–H and O–H groups in total. The summed E-state index contributed by atoms with van der Waals surface area (Å²) in [6.45, 7) is 0. The molecule has 0 saturated carbocycles. The van der Waals surface area contributed by atoms with Crippen molar-refractivity contribution < 1.29 is 8.42 Å². The Morgan fingerprint density at radius 1 is 1.38 bits per heavy atom. The summed E-state index contributed by atoms with van der Waals surface area (Å²) in [6, 6.07) is 7.52. The summed E-state index contributed by atoms with van der Waals surface area (Å²) >= 11 is 5.67. The minimum Gasteiger partial charge on any atom is -0.281 e. The normalized spacial score (nSPS) is 10.2. The van der Waals surface area contributed by atoms with E-state index in [2.05, 4.69) is 4.72 Å². The second-order valence-corrected chi connectivity index (χ2v) is 4.98. The summed E-state index contributed by atoms with van der Waals surface area (Å²) in [6.07, 6.45) is 0.